The van der Waals surface area contributed by atoms with Crippen LogP contribution in [0.15, 0.2) is 0 Å². The van der Waals surface area contributed by atoms with Gasteiger partial charge >= 0.3 is 0 Å². The fourth-order valence-electron chi connectivity index (χ4n) is 2.02. The van der Waals surface area contributed by atoms with Gasteiger partial charge in [0.05, 0.1) is 0 Å². The van der Waals surface area contributed by atoms with Crippen LogP contribution in [0.25, 0.3) is 0 Å². The van der Waals surface area contributed by atoms with Gasteiger partial charge in [-0.1, -0.05) is 6.92 Å². The molecule has 0 bridgehead atoms. The Morgan fingerprint density at radius 1 is 1.32 bits per heavy atom. The maximum absolute atomic E-state index is 5.75. The summed E-state index contributed by atoms with van der Waals surface area (Å²) in [6, 6.07) is 0. The van der Waals surface area contributed by atoms with Crippen molar-refractivity contribution in [3.05, 3.63) is 0 Å². The summed E-state index contributed by atoms with van der Waals surface area (Å²) in [6.45, 7) is 5.08. The highest BCUT2D eigenvalue weighted by molar-refractivity contribution is 7.99. The van der Waals surface area contributed by atoms with Crippen molar-refractivity contribution in [2.75, 3.05) is 41.8 Å². The van der Waals surface area contributed by atoms with Crippen LogP contribution in [0.2, 0.25) is 0 Å². The van der Waals surface area contributed by atoms with Crippen LogP contribution in [0.4, 0.5) is 17.8 Å². The maximum Gasteiger partial charge on any atom is 0.231 e. The summed E-state index contributed by atoms with van der Waals surface area (Å²) < 4.78 is 0. The summed E-state index contributed by atoms with van der Waals surface area (Å²) in [5.41, 5.74) is 5.75. The molecule has 2 heterocycles. The molecule has 3 N–H and O–H groups in total. The molecule has 0 aromatic carbocycles. The lowest BCUT2D eigenvalue weighted by Gasteiger charge is -2.16. The number of hydrogen-bond donors (Lipinski definition) is 2. The van der Waals surface area contributed by atoms with E-state index in [9.17, 15) is 0 Å². The van der Waals surface area contributed by atoms with Crippen molar-refractivity contribution in [2.24, 2.45) is 0 Å². The monoisotopic (exact) mass is 282 g/mol. The predicted molar refractivity (Wildman–Crippen MR) is 81.8 cm³/mol. The zero-order chi connectivity index (χ0) is 13.7. The van der Waals surface area contributed by atoms with E-state index in [1.807, 2.05) is 11.8 Å². The second kappa shape index (κ2) is 6.79. The standard InChI is InChI=1S/C12H22N6S/c1-9(19-2)5-6-14-11-15-10(13)16-12(17-11)18-7-3-4-8-18/h9H,3-8H2,1-2H3,(H3,13,14,15,16,17). The van der Waals surface area contributed by atoms with Gasteiger partial charge in [0.15, 0.2) is 0 Å². The number of nitrogen functional groups attached to an aromatic ring is 1. The van der Waals surface area contributed by atoms with E-state index in [1.165, 1.54) is 12.8 Å². The minimum Gasteiger partial charge on any atom is -0.368 e. The van der Waals surface area contributed by atoms with E-state index >= 15 is 0 Å². The first-order valence-corrected chi connectivity index (χ1v) is 8.01. The van der Waals surface area contributed by atoms with Crippen LogP contribution in [-0.2, 0) is 0 Å². The second-order valence-electron chi connectivity index (χ2n) is 4.77. The van der Waals surface area contributed by atoms with Crippen LogP contribution < -0.4 is 16.0 Å². The van der Waals surface area contributed by atoms with E-state index < -0.39 is 0 Å². The molecule has 7 heteroatoms. The van der Waals surface area contributed by atoms with Gasteiger partial charge in [-0.25, -0.2) is 0 Å². The molecule has 0 spiro atoms. The molecule has 2 rings (SSSR count). The normalized spacial score (nSPS) is 16.6. The molecule has 0 aliphatic carbocycles. The van der Waals surface area contributed by atoms with Crippen molar-refractivity contribution < 1.29 is 0 Å². The molecular formula is C12H22N6S. The molecular weight excluding hydrogens is 260 g/mol. The minimum atomic E-state index is 0.289. The number of hydrogen-bond acceptors (Lipinski definition) is 7. The number of rotatable bonds is 6. The summed E-state index contributed by atoms with van der Waals surface area (Å²) in [5.74, 6) is 1.57. The molecule has 1 unspecified atom stereocenters. The second-order valence-corrected chi connectivity index (χ2v) is 6.05. The van der Waals surface area contributed by atoms with Gasteiger partial charge in [-0.15, -0.1) is 0 Å². The fourth-order valence-corrected chi connectivity index (χ4v) is 2.38. The minimum absolute atomic E-state index is 0.289. The van der Waals surface area contributed by atoms with Crippen LogP contribution in [0.3, 0.4) is 0 Å². The van der Waals surface area contributed by atoms with E-state index in [4.69, 9.17) is 5.73 Å². The summed E-state index contributed by atoms with van der Waals surface area (Å²) in [5, 5.41) is 3.86. The Bertz CT molecular complexity index is 407. The van der Waals surface area contributed by atoms with Crippen molar-refractivity contribution in [1.82, 2.24) is 15.0 Å². The van der Waals surface area contributed by atoms with Crippen LogP contribution in [0.5, 0.6) is 0 Å². The zero-order valence-corrected chi connectivity index (χ0v) is 12.4. The van der Waals surface area contributed by atoms with E-state index in [0.29, 0.717) is 17.1 Å². The number of thioether (sulfide) groups is 1. The molecule has 19 heavy (non-hydrogen) atoms. The first-order valence-electron chi connectivity index (χ1n) is 6.72. The third-order valence-corrected chi connectivity index (χ3v) is 4.31. The third kappa shape index (κ3) is 4.12. The van der Waals surface area contributed by atoms with E-state index in [2.05, 4.69) is 38.3 Å². The average Bonchev–Trinajstić information content (AvgIpc) is 2.91. The molecule has 1 aromatic heterocycles. The predicted octanol–water partition coefficient (Wildman–Crippen LogP) is 1.61. The highest BCUT2D eigenvalue weighted by atomic mass is 32.2. The molecule has 106 valence electrons. The van der Waals surface area contributed by atoms with Gasteiger partial charge in [-0.3, -0.25) is 0 Å². The Kier molecular flexibility index (Phi) is 5.07. The van der Waals surface area contributed by atoms with Gasteiger partial charge in [0.25, 0.3) is 0 Å². The number of anilines is 3. The van der Waals surface area contributed by atoms with Crippen LogP contribution in [0, 0.1) is 0 Å². The highest BCUT2D eigenvalue weighted by Crippen LogP contribution is 2.17. The quantitative estimate of drug-likeness (QED) is 0.820. The maximum atomic E-state index is 5.75. The van der Waals surface area contributed by atoms with Gasteiger partial charge in [0.1, 0.15) is 0 Å². The van der Waals surface area contributed by atoms with Gasteiger partial charge in [-0.05, 0) is 25.5 Å². The molecule has 0 amide bonds. The number of nitrogens with two attached hydrogens (primary N) is 1. The van der Waals surface area contributed by atoms with Crippen molar-refractivity contribution in [3.8, 4) is 0 Å². The first kappa shape index (κ1) is 14.2. The van der Waals surface area contributed by atoms with Gasteiger partial charge < -0.3 is 16.0 Å². The molecule has 1 saturated heterocycles. The van der Waals surface area contributed by atoms with Crippen LogP contribution in [-0.4, -0.2) is 46.1 Å². The topological polar surface area (TPSA) is 80.0 Å². The Morgan fingerprint density at radius 3 is 2.74 bits per heavy atom. The molecule has 1 aromatic rings. The van der Waals surface area contributed by atoms with Crippen molar-refractivity contribution in [2.45, 2.75) is 31.4 Å². The van der Waals surface area contributed by atoms with Crippen molar-refractivity contribution in [3.63, 3.8) is 0 Å². The number of aromatic nitrogens is 3. The Labute approximate surface area is 118 Å². The van der Waals surface area contributed by atoms with Crippen molar-refractivity contribution >= 4 is 29.6 Å². The largest absolute Gasteiger partial charge is 0.368 e. The van der Waals surface area contributed by atoms with E-state index in [-0.39, 0.29) is 5.95 Å². The first-order chi connectivity index (χ1) is 9.19. The third-order valence-electron chi connectivity index (χ3n) is 3.27. The lowest BCUT2D eigenvalue weighted by Crippen LogP contribution is -2.22. The van der Waals surface area contributed by atoms with Crippen molar-refractivity contribution in [1.29, 1.82) is 0 Å². The number of nitrogens with one attached hydrogen (secondary N) is 1. The lowest BCUT2D eigenvalue weighted by atomic mass is 10.3. The summed E-state index contributed by atoms with van der Waals surface area (Å²) in [4.78, 5) is 15.0. The SMILES string of the molecule is CSC(C)CCNc1nc(N)nc(N2CCCC2)n1. The summed E-state index contributed by atoms with van der Waals surface area (Å²) in [6.07, 6.45) is 5.59. The fraction of sp³-hybridized carbons (Fsp3) is 0.750. The smallest absolute Gasteiger partial charge is 0.231 e. The molecule has 1 fully saturated rings. The van der Waals surface area contributed by atoms with Gasteiger partial charge in [0.2, 0.25) is 17.8 Å². The number of nitrogens with zero attached hydrogens (tertiary/aromatic N) is 4. The molecule has 1 aliphatic heterocycles. The summed E-state index contributed by atoms with van der Waals surface area (Å²) >= 11 is 1.86. The van der Waals surface area contributed by atoms with Crippen LogP contribution in [0.1, 0.15) is 26.2 Å². The zero-order valence-electron chi connectivity index (χ0n) is 11.6. The van der Waals surface area contributed by atoms with Gasteiger partial charge in [-0.2, -0.15) is 26.7 Å². The molecule has 1 aliphatic rings. The average molecular weight is 282 g/mol. The Morgan fingerprint density at radius 2 is 2.05 bits per heavy atom. The molecule has 6 nitrogen and oxygen atoms in total. The van der Waals surface area contributed by atoms with Crippen LogP contribution >= 0.6 is 11.8 Å². The van der Waals surface area contributed by atoms with E-state index in [0.717, 1.165) is 26.1 Å². The summed E-state index contributed by atoms with van der Waals surface area (Å²) in [7, 11) is 0. The lowest BCUT2D eigenvalue weighted by molar-refractivity contribution is 0.834. The van der Waals surface area contributed by atoms with Gasteiger partial charge in [0, 0.05) is 24.9 Å². The Hall–Kier alpha value is -1.24. The molecule has 0 radical (unpaired) electrons. The van der Waals surface area contributed by atoms with E-state index in [1.54, 1.807) is 0 Å². The Balaban J connectivity index is 1.96. The molecule has 1 atom stereocenters. The highest BCUT2D eigenvalue weighted by Gasteiger charge is 2.16. The molecule has 0 saturated carbocycles.